The number of nitrogens with one attached hydrogen (secondary N) is 4. The molecule has 2 aliphatic heterocycles. The van der Waals surface area contributed by atoms with Crippen molar-refractivity contribution < 1.29 is 33.8 Å². The van der Waals surface area contributed by atoms with Gasteiger partial charge in [-0.05, 0) is 92.6 Å². The predicted octanol–water partition coefficient (Wildman–Crippen LogP) is 5.24. The van der Waals surface area contributed by atoms with Gasteiger partial charge in [0.25, 0.3) is 12.4 Å². The molecule has 1 saturated carbocycles. The number of thiophene rings is 1. The first kappa shape index (κ1) is 40.6. The number of aliphatic imine (C=N–C) groups is 1. The average molecular weight is 761 g/mol. The fraction of sp³-hybridized carbons (Fsp3) is 0.450. The predicted molar refractivity (Wildman–Crippen MR) is 208 cm³/mol. The molecule has 2 aromatic carbocycles. The number of aryl methyl sites for hydroxylation is 1. The first-order valence-electron chi connectivity index (χ1n) is 18.5. The normalized spacial score (nSPS) is 19.4. The molecule has 6 rings (SSSR count). The fourth-order valence-electron chi connectivity index (χ4n) is 6.47. The molecule has 0 bridgehead atoms. The van der Waals surface area contributed by atoms with Gasteiger partial charge in [0.15, 0.2) is 0 Å². The number of carbonyl (C=O) groups is 3. The fourth-order valence-corrected chi connectivity index (χ4v) is 7.43. The Bertz CT molecular complexity index is 1740. The van der Waals surface area contributed by atoms with Crippen LogP contribution >= 0.6 is 11.3 Å². The van der Waals surface area contributed by atoms with Gasteiger partial charge in [-0.2, -0.15) is 0 Å². The van der Waals surface area contributed by atoms with Crippen molar-refractivity contribution in [3.8, 4) is 16.2 Å². The van der Waals surface area contributed by atoms with Crippen LogP contribution in [0.1, 0.15) is 77.9 Å². The van der Waals surface area contributed by atoms with Gasteiger partial charge in [0.1, 0.15) is 30.5 Å². The van der Waals surface area contributed by atoms with Crippen LogP contribution in [0.15, 0.2) is 71.9 Å². The minimum atomic E-state index is -0.411. The largest absolute Gasteiger partial charge is 0.488 e. The Morgan fingerprint density at radius 1 is 1.11 bits per heavy atom. The lowest BCUT2D eigenvalue weighted by Crippen LogP contribution is -2.50. The molecular formula is C40H52N6O7S. The first-order valence-corrected chi connectivity index (χ1v) is 19.3. The van der Waals surface area contributed by atoms with E-state index in [1.54, 1.807) is 0 Å². The quantitative estimate of drug-likeness (QED) is 0.0565. The van der Waals surface area contributed by atoms with Gasteiger partial charge in [-0.25, -0.2) is 0 Å². The molecule has 0 spiro atoms. The molecule has 290 valence electrons. The van der Waals surface area contributed by atoms with E-state index in [2.05, 4.69) is 62.1 Å². The molecule has 54 heavy (non-hydrogen) atoms. The van der Waals surface area contributed by atoms with Gasteiger partial charge in [-0.1, -0.05) is 37.1 Å². The molecule has 3 fully saturated rings. The zero-order valence-corrected chi connectivity index (χ0v) is 32.0. The topological polar surface area (TPSA) is 163 Å². The molecule has 3 atom stereocenters. The van der Waals surface area contributed by atoms with Crippen LogP contribution in [0.2, 0.25) is 0 Å². The van der Waals surface area contributed by atoms with E-state index in [-0.39, 0.29) is 36.6 Å². The average Bonchev–Trinajstić information content (AvgIpc) is 3.97. The second-order valence-electron chi connectivity index (χ2n) is 13.6. The van der Waals surface area contributed by atoms with Gasteiger partial charge in [-0.15, -0.1) is 11.3 Å². The van der Waals surface area contributed by atoms with Crippen LogP contribution in [0.4, 0.5) is 0 Å². The second-order valence-corrected chi connectivity index (χ2v) is 14.8. The minimum Gasteiger partial charge on any atom is -0.488 e. The van der Waals surface area contributed by atoms with E-state index < -0.39 is 6.23 Å². The summed E-state index contributed by atoms with van der Waals surface area (Å²) >= 11 is 1.85. The lowest BCUT2D eigenvalue weighted by Gasteiger charge is -2.28. The van der Waals surface area contributed by atoms with Crippen LogP contribution in [0.25, 0.3) is 10.4 Å². The van der Waals surface area contributed by atoms with Crippen LogP contribution in [0, 0.1) is 6.92 Å². The summed E-state index contributed by atoms with van der Waals surface area (Å²) < 4.78 is 16.1. The summed E-state index contributed by atoms with van der Waals surface area (Å²) in [5, 5.41) is 18.8. The van der Waals surface area contributed by atoms with Crippen molar-refractivity contribution in [2.75, 3.05) is 26.7 Å². The van der Waals surface area contributed by atoms with Gasteiger partial charge in [0.2, 0.25) is 6.41 Å². The Kier molecular flexibility index (Phi) is 15.6. The molecule has 3 unspecified atom stereocenters. The maximum Gasteiger partial charge on any atom is 0.293 e. The summed E-state index contributed by atoms with van der Waals surface area (Å²) in [4.78, 5) is 41.9. The van der Waals surface area contributed by atoms with Crippen LogP contribution in [-0.2, 0) is 25.6 Å². The molecule has 5 N–H and O–H groups in total. The van der Waals surface area contributed by atoms with E-state index in [0.717, 1.165) is 36.5 Å². The minimum absolute atomic E-state index is 0.0750. The summed E-state index contributed by atoms with van der Waals surface area (Å²) in [6, 6.07) is 19.3. The van der Waals surface area contributed by atoms with Crippen molar-refractivity contribution in [2.45, 2.75) is 89.4 Å². The molecule has 3 aliphatic rings. The molecule has 2 saturated heterocycles. The van der Waals surface area contributed by atoms with Gasteiger partial charge in [0, 0.05) is 54.2 Å². The summed E-state index contributed by atoms with van der Waals surface area (Å²) in [7, 11) is 1.49. The van der Waals surface area contributed by atoms with E-state index >= 15 is 0 Å². The smallest absolute Gasteiger partial charge is 0.293 e. The van der Waals surface area contributed by atoms with Crippen LogP contribution in [0.3, 0.4) is 0 Å². The standard InChI is InChI=1S/C29H35N3O2S.C11H17N3O5/c1-19-10-11-24(34-25-16-30-17-25)15-27(19)29(33)32-20(2)21-6-5-7-22(14-21)28-13-12-26(35-28)18-31-23-8-3-4-9-23;1-12-10(13-17)4-5-14(7-15)11-3-2-9(19-11)6-18-8-16/h5-7,10-15,20,23,25,30-31H,3-4,8-9,16-18H2,1-2H3,(H,32,33);4-5,7-9,11,17H,2-3,6H2,1H3,(H,12,13)/b;5-4-. The Labute approximate surface area is 321 Å². The number of hydroxylamine groups is 1. The summed E-state index contributed by atoms with van der Waals surface area (Å²) in [6.45, 7) is 7.20. The molecule has 1 aromatic heterocycles. The highest BCUT2D eigenvalue weighted by molar-refractivity contribution is 7.15. The summed E-state index contributed by atoms with van der Waals surface area (Å²) in [6.07, 6.45) is 9.73. The van der Waals surface area contributed by atoms with Crippen molar-refractivity contribution in [2.24, 2.45) is 4.99 Å². The number of ether oxygens (including phenoxy) is 3. The third-order valence-electron chi connectivity index (χ3n) is 9.75. The third kappa shape index (κ3) is 11.7. The molecule has 14 heteroatoms. The van der Waals surface area contributed by atoms with Crippen molar-refractivity contribution in [1.82, 2.24) is 26.3 Å². The van der Waals surface area contributed by atoms with Crippen molar-refractivity contribution >= 4 is 36.0 Å². The van der Waals surface area contributed by atoms with E-state index in [1.165, 1.54) is 65.2 Å². The molecule has 13 nitrogen and oxygen atoms in total. The number of benzene rings is 2. The highest BCUT2D eigenvalue weighted by atomic mass is 32.1. The maximum atomic E-state index is 13.1. The first-order chi connectivity index (χ1) is 26.3. The lowest BCUT2D eigenvalue weighted by molar-refractivity contribution is -0.137. The number of amidine groups is 1. The van der Waals surface area contributed by atoms with E-state index in [9.17, 15) is 14.4 Å². The zero-order valence-electron chi connectivity index (χ0n) is 31.2. The second kappa shape index (κ2) is 20.7. The number of hydrogen-bond acceptors (Lipinski definition) is 11. The van der Waals surface area contributed by atoms with Crippen LogP contribution in [0.5, 0.6) is 5.75 Å². The SMILES string of the molecule is CN=C(/C=C\N(C=O)C1CCC(COC=O)O1)NO.Cc1ccc(OC2CNC2)cc1C(=O)NC(C)c1cccc(-c2ccc(CNC3CCCC3)s2)c1. The Morgan fingerprint density at radius 3 is 2.63 bits per heavy atom. The Hall–Kier alpha value is -4.60. The number of hydrogen-bond donors (Lipinski definition) is 5. The Balaban J connectivity index is 0.000000251. The lowest BCUT2D eigenvalue weighted by atomic mass is 10.0. The van der Waals surface area contributed by atoms with E-state index in [4.69, 9.17) is 14.7 Å². The van der Waals surface area contributed by atoms with Gasteiger partial charge in [0.05, 0.1) is 12.1 Å². The number of rotatable bonds is 16. The summed E-state index contributed by atoms with van der Waals surface area (Å²) in [5.41, 5.74) is 5.78. The molecule has 1 aliphatic carbocycles. The van der Waals surface area contributed by atoms with E-state index in [0.29, 0.717) is 37.3 Å². The van der Waals surface area contributed by atoms with E-state index in [1.807, 2.05) is 48.9 Å². The molecule has 0 radical (unpaired) electrons. The van der Waals surface area contributed by atoms with Gasteiger partial charge in [-0.3, -0.25) is 35.0 Å². The molecule has 2 amide bonds. The molecule has 3 heterocycles. The molecular weight excluding hydrogens is 709 g/mol. The van der Waals surface area contributed by atoms with Crippen molar-refractivity contribution in [1.29, 1.82) is 0 Å². The zero-order chi connectivity index (χ0) is 38.3. The van der Waals surface area contributed by atoms with Gasteiger partial charge >= 0.3 is 0 Å². The number of carbonyl (C=O) groups excluding carboxylic acids is 3. The third-order valence-corrected chi connectivity index (χ3v) is 10.9. The highest BCUT2D eigenvalue weighted by Crippen LogP contribution is 2.31. The molecule has 3 aromatic rings. The number of amides is 2. The van der Waals surface area contributed by atoms with Crippen LogP contribution in [-0.4, -0.2) is 86.0 Å². The number of nitrogens with zero attached hydrogens (tertiary/aromatic N) is 2. The Morgan fingerprint density at radius 2 is 1.93 bits per heavy atom. The van der Waals surface area contributed by atoms with Crippen molar-refractivity contribution in [3.63, 3.8) is 0 Å². The monoisotopic (exact) mass is 760 g/mol. The highest BCUT2D eigenvalue weighted by Gasteiger charge is 2.29. The van der Waals surface area contributed by atoms with Crippen molar-refractivity contribution in [3.05, 3.63) is 88.4 Å². The maximum absolute atomic E-state index is 13.1. The summed E-state index contributed by atoms with van der Waals surface area (Å²) in [5.74, 6) is 0.887. The van der Waals surface area contributed by atoms with Gasteiger partial charge < -0.3 is 30.2 Å². The van der Waals surface area contributed by atoms with Crippen LogP contribution < -0.4 is 26.2 Å².